The summed E-state index contributed by atoms with van der Waals surface area (Å²) in [4.78, 5) is 14.1. The number of anilines is 1. The Bertz CT molecular complexity index is 490. The summed E-state index contributed by atoms with van der Waals surface area (Å²) < 4.78 is 1.80. The van der Waals surface area contributed by atoms with Crippen LogP contribution in [0.5, 0.6) is 0 Å². The van der Waals surface area contributed by atoms with Crippen LogP contribution in [0.25, 0.3) is 0 Å². The molecule has 6 heteroatoms. The van der Waals surface area contributed by atoms with Crippen molar-refractivity contribution in [1.29, 1.82) is 0 Å². The number of aryl methyl sites for hydroxylation is 2. The van der Waals surface area contributed by atoms with Gasteiger partial charge in [-0.25, -0.2) is 0 Å². The highest BCUT2D eigenvalue weighted by Gasteiger charge is 2.25. The van der Waals surface area contributed by atoms with Gasteiger partial charge in [-0.3, -0.25) is 9.48 Å². The number of nitrogens with one attached hydrogen (secondary N) is 1. The van der Waals surface area contributed by atoms with Crippen LogP contribution in [0.3, 0.4) is 0 Å². The first-order chi connectivity index (χ1) is 10.0. The molecule has 0 unspecified atom stereocenters. The zero-order valence-corrected chi connectivity index (χ0v) is 13.4. The Morgan fingerprint density at radius 3 is 2.71 bits per heavy atom. The van der Waals surface area contributed by atoms with E-state index in [1.54, 1.807) is 4.68 Å². The van der Waals surface area contributed by atoms with Gasteiger partial charge in [-0.2, -0.15) is 5.10 Å². The van der Waals surface area contributed by atoms with Crippen molar-refractivity contribution in [2.24, 2.45) is 18.7 Å². The zero-order valence-electron chi connectivity index (χ0n) is 13.4. The molecule has 2 heterocycles. The number of carbonyl (C=O) groups is 1. The number of piperidine rings is 1. The van der Waals surface area contributed by atoms with E-state index < -0.39 is 0 Å². The van der Waals surface area contributed by atoms with Crippen LogP contribution in [-0.4, -0.2) is 41.9 Å². The molecule has 0 radical (unpaired) electrons. The maximum absolute atomic E-state index is 11.8. The van der Waals surface area contributed by atoms with Gasteiger partial charge in [0, 0.05) is 20.1 Å². The third-order valence-electron chi connectivity index (χ3n) is 4.17. The van der Waals surface area contributed by atoms with Crippen LogP contribution in [0.1, 0.15) is 42.2 Å². The van der Waals surface area contributed by atoms with E-state index in [1.807, 2.05) is 14.0 Å². The zero-order chi connectivity index (χ0) is 15.4. The molecular formula is C15H27N5O. The lowest BCUT2D eigenvalue weighted by atomic mass is 9.97. The number of primary amides is 1. The Kier molecular flexibility index (Phi) is 5.22. The number of rotatable bonds is 6. The van der Waals surface area contributed by atoms with E-state index in [0.29, 0.717) is 17.2 Å². The molecule has 1 fully saturated rings. The van der Waals surface area contributed by atoms with Crippen molar-refractivity contribution in [2.75, 3.05) is 31.1 Å². The molecule has 3 N–H and O–H groups in total. The van der Waals surface area contributed by atoms with Crippen LogP contribution >= 0.6 is 0 Å². The molecule has 1 aliphatic heterocycles. The van der Waals surface area contributed by atoms with Crippen LogP contribution in [-0.2, 0) is 7.05 Å². The number of amides is 1. The number of hydrogen-bond acceptors (Lipinski definition) is 4. The average Bonchev–Trinajstić information content (AvgIpc) is 2.74. The summed E-state index contributed by atoms with van der Waals surface area (Å²) in [6, 6.07) is 0. The molecule has 1 aromatic rings. The molecular weight excluding hydrogens is 266 g/mol. The summed E-state index contributed by atoms with van der Waals surface area (Å²) in [5, 5.41) is 7.78. The van der Waals surface area contributed by atoms with Gasteiger partial charge in [0.1, 0.15) is 11.4 Å². The Labute approximate surface area is 126 Å². The predicted molar refractivity (Wildman–Crippen MR) is 84.6 cm³/mol. The van der Waals surface area contributed by atoms with Gasteiger partial charge in [0.25, 0.3) is 5.91 Å². The van der Waals surface area contributed by atoms with E-state index in [2.05, 4.69) is 22.2 Å². The van der Waals surface area contributed by atoms with Crippen LogP contribution < -0.4 is 16.0 Å². The normalized spacial score (nSPS) is 16.1. The lowest BCUT2D eigenvalue weighted by Gasteiger charge is -2.31. The van der Waals surface area contributed by atoms with Crippen molar-refractivity contribution in [1.82, 2.24) is 15.1 Å². The van der Waals surface area contributed by atoms with Gasteiger partial charge >= 0.3 is 0 Å². The van der Waals surface area contributed by atoms with Gasteiger partial charge in [0.2, 0.25) is 0 Å². The summed E-state index contributed by atoms with van der Waals surface area (Å²) in [6.45, 7) is 8.05. The fraction of sp³-hybridized carbons (Fsp3) is 0.733. The number of carbonyl (C=O) groups excluding carboxylic acids is 1. The standard InChI is InChI=1S/C15H27N5O/c1-4-9-20(10-12-5-7-17-8-6-12)15-13(14(16)21)11(2)18-19(15)3/h12,17H,4-10H2,1-3H3,(H2,16,21). The van der Waals surface area contributed by atoms with Crippen LogP contribution in [0.15, 0.2) is 0 Å². The summed E-state index contributed by atoms with van der Waals surface area (Å²) in [5.41, 5.74) is 6.85. The summed E-state index contributed by atoms with van der Waals surface area (Å²) in [5.74, 6) is 1.15. The van der Waals surface area contributed by atoms with Crippen LogP contribution in [0.4, 0.5) is 5.82 Å². The number of hydrogen-bond donors (Lipinski definition) is 2. The second kappa shape index (κ2) is 6.93. The fourth-order valence-corrected chi connectivity index (χ4v) is 3.23. The first-order valence-electron chi connectivity index (χ1n) is 7.83. The smallest absolute Gasteiger partial charge is 0.254 e. The maximum Gasteiger partial charge on any atom is 0.254 e. The third-order valence-corrected chi connectivity index (χ3v) is 4.17. The highest BCUT2D eigenvalue weighted by atomic mass is 16.1. The predicted octanol–water partition coefficient (Wildman–Crippen LogP) is 1.04. The van der Waals surface area contributed by atoms with Crippen LogP contribution in [0.2, 0.25) is 0 Å². The molecule has 1 aliphatic rings. The van der Waals surface area contributed by atoms with E-state index in [0.717, 1.165) is 38.4 Å². The summed E-state index contributed by atoms with van der Waals surface area (Å²) in [7, 11) is 1.89. The van der Waals surface area contributed by atoms with E-state index in [1.165, 1.54) is 12.8 Å². The van der Waals surface area contributed by atoms with E-state index in [9.17, 15) is 4.79 Å². The molecule has 6 nitrogen and oxygen atoms in total. The lowest BCUT2D eigenvalue weighted by Crippen LogP contribution is -2.38. The molecule has 2 rings (SSSR count). The van der Waals surface area contributed by atoms with Gasteiger partial charge < -0.3 is 16.0 Å². The van der Waals surface area contributed by atoms with Crippen molar-refractivity contribution in [3.8, 4) is 0 Å². The molecule has 0 aliphatic carbocycles. The highest BCUT2D eigenvalue weighted by Crippen LogP contribution is 2.25. The molecule has 0 spiro atoms. The average molecular weight is 293 g/mol. The second-order valence-corrected chi connectivity index (χ2v) is 5.91. The van der Waals surface area contributed by atoms with Crippen molar-refractivity contribution >= 4 is 11.7 Å². The van der Waals surface area contributed by atoms with Crippen LogP contribution in [0, 0.1) is 12.8 Å². The topological polar surface area (TPSA) is 76.2 Å². The van der Waals surface area contributed by atoms with Crippen molar-refractivity contribution in [3.05, 3.63) is 11.3 Å². The monoisotopic (exact) mass is 293 g/mol. The van der Waals surface area contributed by atoms with E-state index >= 15 is 0 Å². The number of aromatic nitrogens is 2. The van der Waals surface area contributed by atoms with Gasteiger partial charge in [-0.05, 0) is 45.2 Å². The van der Waals surface area contributed by atoms with Crippen molar-refractivity contribution < 1.29 is 4.79 Å². The van der Waals surface area contributed by atoms with Gasteiger partial charge in [0.15, 0.2) is 0 Å². The molecule has 21 heavy (non-hydrogen) atoms. The molecule has 1 aromatic heterocycles. The summed E-state index contributed by atoms with van der Waals surface area (Å²) in [6.07, 6.45) is 3.40. The molecule has 0 saturated carbocycles. The van der Waals surface area contributed by atoms with Crippen molar-refractivity contribution in [2.45, 2.75) is 33.1 Å². The minimum Gasteiger partial charge on any atom is -0.365 e. The Balaban J connectivity index is 2.26. The molecule has 0 atom stereocenters. The van der Waals surface area contributed by atoms with E-state index in [4.69, 9.17) is 5.73 Å². The van der Waals surface area contributed by atoms with Crippen molar-refractivity contribution in [3.63, 3.8) is 0 Å². The Morgan fingerprint density at radius 1 is 1.48 bits per heavy atom. The Hall–Kier alpha value is -1.56. The molecule has 1 saturated heterocycles. The molecule has 0 bridgehead atoms. The molecule has 1 amide bonds. The largest absolute Gasteiger partial charge is 0.365 e. The number of nitrogens with two attached hydrogens (primary N) is 1. The third kappa shape index (κ3) is 3.56. The quantitative estimate of drug-likeness (QED) is 0.822. The number of nitrogens with zero attached hydrogens (tertiary/aromatic N) is 3. The lowest BCUT2D eigenvalue weighted by molar-refractivity contribution is 0.1000. The first-order valence-corrected chi connectivity index (χ1v) is 7.83. The van der Waals surface area contributed by atoms with Gasteiger partial charge in [-0.1, -0.05) is 6.92 Å². The first kappa shape index (κ1) is 15.8. The fourth-order valence-electron chi connectivity index (χ4n) is 3.23. The minimum atomic E-state index is -0.387. The Morgan fingerprint density at radius 2 is 2.14 bits per heavy atom. The van der Waals surface area contributed by atoms with E-state index in [-0.39, 0.29) is 5.91 Å². The summed E-state index contributed by atoms with van der Waals surface area (Å²) >= 11 is 0. The molecule has 118 valence electrons. The van der Waals surface area contributed by atoms with Gasteiger partial charge in [-0.15, -0.1) is 0 Å². The highest BCUT2D eigenvalue weighted by molar-refractivity contribution is 5.99. The second-order valence-electron chi connectivity index (χ2n) is 5.91. The maximum atomic E-state index is 11.8. The minimum absolute atomic E-state index is 0.387. The van der Waals surface area contributed by atoms with Gasteiger partial charge in [0.05, 0.1) is 5.69 Å². The SMILES string of the molecule is CCCN(CC1CCNCC1)c1c(C(N)=O)c(C)nn1C. The molecule has 0 aromatic carbocycles.